The molecular weight excluding hydrogens is 431 g/mol. The van der Waals surface area contributed by atoms with Gasteiger partial charge in [-0.25, -0.2) is 9.37 Å². The molecule has 1 aromatic heterocycles. The molecule has 3 aromatic rings. The maximum Gasteiger partial charge on any atom is 0.222 e. The number of piperidine rings is 1. The van der Waals surface area contributed by atoms with Crippen molar-refractivity contribution in [3.63, 3.8) is 0 Å². The van der Waals surface area contributed by atoms with Crippen LogP contribution in [0.4, 0.5) is 4.39 Å². The van der Waals surface area contributed by atoms with E-state index in [1.807, 2.05) is 30.6 Å². The van der Waals surface area contributed by atoms with E-state index in [1.165, 1.54) is 18.9 Å². The molecular formula is C27H33FN4O2. The van der Waals surface area contributed by atoms with Crippen molar-refractivity contribution in [3.05, 3.63) is 66.2 Å². The molecule has 2 fully saturated rings. The number of nitrogens with zero attached hydrogens (tertiary/aromatic N) is 3. The van der Waals surface area contributed by atoms with E-state index in [0.717, 1.165) is 36.9 Å². The highest BCUT2D eigenvalue weighted by molar-refractivity contribution is 5.76. The smallest absolute Gasteiger partial charge is 0.222 e. The van der Waals surface area contributed by atoms with Gasteiger partial charge in [-0.05, 0) is 49.8 Å². The molecule has 0 unspecified atom stereocenters. The van der Waals surface area contributed by atoms with Crippen LogP contribution in [0, 0.1) is 5.82 Å². The first-order chi connectivity index (χ1) is 16.6. The fraction of sp³-hybridized carbons (Fsp3) is 0.481. The van der Waals surface area contributed by atoms with E-state index in [-0.39, 0.29) is 17.8 Å². The zero-order chi connectivity index (χ0) is 23.5. The van der Waals surface area contributed by atoms with Crippen molar-refractivity contribution in [2.45, 2.75) is 62.7 Å². The number of hydrogen-bond acceptors (Lipinski definition) is 4. The van der Waals surface area contributed by atoms with Crippen molar-refractivity contribution in [3.8, 4) is 0 Å². The van der Waals surface area contributed by atoms with Crippen LogP contribution >= 0.6 is 0 Å². The van der Waals surface area contributed by atoms with Crippen LogP contribution in [0.5, 0.6) is 0 Å². The Morgan fingerprint density at radius 1 is 1.12 bits per heavy atom. The average molecular weight is 465 g/mol. The van der Waals surface area contributed by atoms with E-state index >= 15 is 0 Å². The number of amides is 1. The summed E-state index contributed by atoms with van der Waals surface area (Å²) in [5.74, 6) is -0.229. The molecule has 1 N–H and O–H groups in total. The van der Waals surface area contributed by atoms with Crippen molar-refractivity contribution in [2.24, 2.45) is 0 Å². The summed E-state index contributed by atoms with van der Waals surface area (Å²) < 4.78 is 21.4. The molecule has 180 valence electrons. The second-order valence-electron chi connectivity index (χ2n) is 9.57. The van der Waals surface area contributed by atoms with Gasteiger partial charge < -0.3 is 14.6 Å². The molecule has 2 bridgehead atoms. The topological polar surface area (TPSA) is 59.4 Å². The summed E-state index contributed by atoms with van der Waals surface area (Å²) in [6.07, 6.45) is 7.55. The standard InChI is InChI=1S/C27H33FN4O2/c1-34-15-13-26(33)30-24(19-6-3-2-4-7-19)12-14-31-20-10-11-21(31)17-22(16-20)32-18-29-27-23(28)8-5-9-25(27)32/h2-9,18,20-22,24H,10-17H2,1H3,(H,30,33)/t20-,21+,22-,24-/m0/s1. The second kappa shape index (κ2) is 10.2. The van der Waals surface area contributed by atoms with Crippen LogP contribution in [0.25, 0.3) is 11.0 Å². The van der Waals surface area contributed by atoms with Gasteiger partial charge in [-0.1, -0.05) is 36.4 Å². The summed E-state index contributed by atoms with van der Waals surface area (Å²) in [6.45, 7) is 1.38. The van der Waals surface area contributed by atoms with E-state index in [4.69, 9.17) is 4.74 Å². The Balaban J connectivity index is 1.26. The SMILES string of the molecule is COCCC(=O)N[C@@H](CCN1[C@@H]2CC[C@H]1C[C@H](n1cnc3c(F)cccc31)C2)c1ccccc1. The summed E-state index contributed by atoms with van der Waals surface area (Å²) in [4.78, 5) is 19.4. The van der Waals surface area contributed by atoms with Crippen LogP contribution in [0.3, 0.4) is 0 Å². The van der Waals surface area contributed by atoms with Crippen LogP contribution < -0.4 is 5.32 Å². The molecule has 2 saturated heterocycles. The summed E-state index contributed by atoms with van der Waals surface area (Å²) in [6, 6.07) is 16.8. The highest BCUT2D eigenvalue weighted by Gasteiger charge is 2.41. The van der Waals surface area contributed by atoms with Gasteiger partial charge in [0.25, 0.3) is 0 Å². The molecule has 1 amide bonds. The molecule has 2 aliphatic rings. The third-order valence-electron chi connectivity index (χ3n) is 7.55. The maximum atomic E-state index is 14.1. The Morgan fingerprint density at radius 3 is 2.62 bits per heavy atom. The van der Waals surface area contributed by atoms with E-state index < -0.39 is 0 Å². The Morgan fingerprint density at radius 2 is 1.88 bits per heavy atom. The number of methoxy groups -OCH3 is 1. The highest BCUT2D eigenvalue weighted by atomic mass is 19.1. The number of nitrogens with one attached hydrogen (secondary N) is 1. The van der Waals surface area contributed by atoms with Gasteiger partial charge >= 0.3 is 0 Å². The molecule has 0 radical (unpaired) electrons. The molecule has 34 heavy (non-hydrogen) atoms. The van der Waals surface area contributed by atoms with Gasteiger partial charge in [-0.3, -0.25) is 9.69 Å². The molecule has 0 spiro atoms. The lowest BCUT2D eigenvalue weighted by atomic mass is 9.95. The molecule has 2 aromatic carbocycles. The van der Waals surface area contributed by atoms with Crippen LogP contribution in [0.2, 0.25) is 0 Å². The van der Waals surface area contributed by atoms with Gasteiger partial charge in [-0.2, -0.15) is 0 Å². The first-order valence-corrected chi connectivity index (χ1v) is 12.3. The van der Waals surface area contributed by atoms with Crippen molar-refractivity contribution in [1.29, 1.82) is 0 Å². The first kappa shape index (κ1) is 23.0. The Hall–Kier alpha value is -2.77. The average Bonchev–Trinajstić information content (AvgIpc) is 3.39. The van der Waals surface area contributed by atoms with Gasteiger partial charge in [0.1, 0.15) is 5.52 Å². The van der Waals surface area contributed by atoms with E-state index in [9.17, 15) is 9.18 Å². The number of carbonyl (C=O) groups excluding carboxylic acids is 1. The van der Waals surface area contributed by atoms with Gasteiger partial charge in [0.2, 0.25) is 5.91 Å². The summed E-state index contributed by atoms with van der Waals surface area (Å²) in [5.41, 5.74) is 2.50. The zero-order valence-corrected chi connectivity index (χ0v) is 19.7. The maximum absolute atomic E-state index is 14.1. The minimum Gasteiger partial charge on any atom is -0.384 e. The van der Waals surface area contributed by atoms with Crippen LogP contribution in [0.15, 0.2) is 54.9 Å². The van der Waals surface area contributed by atoms with Crippen molar-refractivity contribution in [2.75, 3.05) is 20.3 Å². The minimum atomic E-state index is -0.254. The van der Waals surface area contributed by atoms with Crippen LogP contribution in [-0.2, 0) is 9.53 Å². The molecule has 0 saturated carbocycles. The van der Waals surface area contributed by atoms with E-state index in [2.05, 4.69) is 31.9 Å². The highest BCUT2D eigenvalue weighted by Crippen LogP contribution is 2.42. The Bertz CT molecular complexity index is 1100. The summed E-state index contributed by atoms with van der Waals surface area (Å²) in [7, 11) is 1.62. The number of imidazole rings is 1. The Kier molecular flexibility index (Phi) is 6.92. The van der Waals surface area contributed by atoms with Gasteiger partial charge in [0.15, 0.2) is 5.82 Å². The van der Waals surface area contributed by atoms with Crippen LogP contribution in [0.1, 0.15) is 56.2 Å². The van der Waals surface area contributed by atoms with Crippen molar-refractivity contribution < 1.29 is 13.9 Å². The normalized spacial score (nSPS) is 23.3. The quantitative estimate of drug-likeness (QED) is 0.502. The molecule has 7 heteroatoms. The largest absolute Gasteiger partial charge is 0.384 e. The van der Waals surface area contributed by atoms with Crippen LogP contribution in [-0.4, -0.2) is 52.7 Å². The van der Waals surface area contributed by atoms with E-state index in [0.29, 0.717) is 36.7 Å². The molecule has 6 nitrogen and oxygen atoms in total. The second-order valence-corrected chi connectivity index (χ2v) is 9.57. The number of halogens is 1. The number of rotatable bonds is 9. The van der Waals surface area contributed by atoms with Gasteiger partial charge in [0, 0.05) is 38.2 Å². The van der Waals surface area contributed by atoms with Crippen molar-refractivity contribution >= 4 is 16.9 Å². The molecule has 4 atom stereocenters. The zero-order valence-electron chi connectivity index (χ0n) is 19.7. The fourth-order valence-corrected chi connectivity index (χ4v) is 5.90. The number of benzene rings is 2. The number of aromatic nitrogens is 2. The molecule has 0 aliphatic carbocycles. The summed E-state index contributed by atoms with van der Waals surface area (Å²) >= 11 is 0. The summed E-state index contributed by atoms with van der Waals surface area (Å²) in [5, 5.41) is 3.22. The minimum absolute atomic E-state index is 0.0109. The Labute approximate surface area is 200 Å². The third-order valence-corrected chi connectivity index (χ3v) is 7.55. The predicted octanol–water partition coefficient (Wildman–Crippen LogP) is 4.63. The number of fused-ring (bicyclic) bond motifs is 3. The monoisotopic (exact) mass is 464 g/mol. The fourth-order valence-electron chi connectivity index (χ4n) is 5.90. The number of carbonyl (C=O) groups is 1. The van der Waals surface area contributed by atoms with E-state index in [1.54, 1.807) is 13.2 Å². The number of para-hydroxylation sites is 1. The lowest BCUT2D eigenvalue weighted by Gasteiger charge is -2.40. The number of hydrogen-bond donors (Lipinski definition) is 1. The van der Waals surface area contributed by atoms with Crippen molar-refractivity contribution in [1.82, 2.24) is 19.8 Å². The van der Waals surface area contributed by atoms with Gasteiger partial charge in [0.05, 0.1) is 24.5 Å². The molecule has 5 rings (SSSR count). The lowest BCUT2D eigenvalue weighted by molar-refractivity contribution is -0.122. The molecule has 2 aliphatic heterocycles. The third kappa shape index (κ3) is 4.72. The predicted molar refractivity (Wildman–Crippen MR) is 130 cm³/mol. The lowest BCUT2D eigenvalue weighted by Crippen LogP contribution is -2.44. The number of ether oxygens (including phenoxy) is 1. The van der Waals surface area contributed by atoms with Gasteiger partial charge in [-0.15, -0.1) is 0 Å². The molecule has 3 heterocycles. The first-order valence-electron chi connectivity index (χ1n) is 12.3.